The van der Waals surface area contributed by atoms with Crippen molar-refractivity contribution >= 4 is 30.1 Å². The highest BCUT2D eigenvalue weighted by Gasteiger charge is 2.46. The van der Waals surface area contributed by atoms with Gasteiger partial charge in [-0.25, -0.2) is 9.59 Å². The summed E-state index contributed by atoms with van der Waals surface area (Å²) in [6, 6.07) is 14.1. The first kappa shape index (κ1) is 34.5. The van der Waals surface area contributed by atoms with Gasteiger partial charge in [0.2, 0.25) is 6.10 Å². The maximum Gasteiger partial charge on any atom is 0.347 e. The lowest BCUT2D eigenvalue weighted by Gasteiger charge is -2.22. The van der Waals surface area contributed by atoms with Crippen LogP contribution in [0.4, 0.5) is 0 Å². The number of phenols is 7. The van der Waals surface area contributed by atoms with Crippen molar-refractivity contribution in [3.63, 3.8) is 0 Å². The zero-order valence-electron chi connectivity index (χ0n) is 26.1. The number of methoxy groups -OCH3 is 1. The Morgan fingerprint density at radius 1 is 0.760 bits per heavy atom. The Labute approximate surface area is 283 Å². The Bertz CT molecular complexity index is 2010. The minimum atomic E-state index is -1.55. The molecule has 4 aromatic rings. The van der Waals surface area contributed by atoms with Crippen LogP contribution in [0.2, 0.25) is 0 Å². The van der Waals surface area contributed by atoms with E-state index in [9.17, 15) is 50.1 Å². The van der Waals surface area contributed by atoms with Crippen molar-refractivity contribution in [2.45, 2.75) is 24.5 Å². The molecular formula is C36H30O14. The molecule has 1 heterocycles. The number of hydrogen-bond donors (Lipinski definition) is 7. The van der Waals surface area contributed by atoms with Crippen molar-refractivity contribution in [3.8, 4) is 46.0 Å². The highest BCUT2D eigenvalue weighted by molar-refractivity contribution is 5.91. The molecule has 3 unspecified atom stereocenters. The number of carbonyl (C=O) groups is 3. The van der Waals surface area contributed by atoms with Crippen LogP contribution in [-0.4, -0.2) is 66.9 Å². The van der Waals surface area contributed by atoms with E-state index < -0.39 is 59.0 Å². The van der Waals surface area contributed by atoms with Crippen LogP contribution >= 0.6 is 0 Å². The molecule has 7 N–H and O–H groups in total. The van der Waals surface area contributed by atoms with Crippen LogP contribution in [0, 0.1) is 0 Å². The van der Waals surface area contributed by atoms with Gasteiger partial charge in [-0.05, 0) is 76.9 Å². The number of carbonyl (C=O) groups excluding carboxylic acids is 3. The minimum Gasteiger partial charge on any atom is -0.504 e. The summed E-state index contributed by atoms with van der Waals surface area (Å²) in [5.41, 5.74) is 1.16. The average molecular weight is 687 g/mol. The molecule has 0 amide bonds. The second kappa shape index (κ2) is 14.5. The molecule has 14 heteroatoms. The summed E-state index contributed by atoms with van der Waals surface area (Å²) in [5.74, 6) is -7.36. The van der Waals surface area contributed by atoms with E-state index in [1.165, 1.54) is 66.7 Å². The molecule has 0 saturated heterocycles. The number of rotatable bonds is 10. The van der Waals surface area contributed by atoms with Gasteiger partial charge in [0.15, 0.2) is 46.0 Å². The van der Waals surface area contributed by atoms with Crippen molar-refractivity contribution in [1.29, 1.82) is 0 Å². The first-order valence-corrected chi connectivity index (χ1v) is 14.8. The Kier molecular flexibility index (Phi) is 10.0. The SMILES string of the molecule is COC(=O)C(Cc1ccc(O)c(O)c1)OC(=O)C1c2c(C=CC(=O)OC=Cc3ccc(O)c(O)c3)ccc(O)c2OC1c1ccc(O)c(O)c1. The third-order valence-corrected chi connectivity index (χ3v) is 7.68. The van der Waals surface area contributed by atoms with Crippen LogP contribution in [0.5, 0.6) is 46.0 Å². The number of hydrogen-bond acceptors (Lipinski definition) is 14. The number of esters is 3. The Morgan fingerprint density at radius 3 is 2.06 bits per heavy atom. The number of aromatic hydroxyl groups is 7. The van der Waals surface area contributed by atoms with Crippen molar-refractivity contribution in [1.82, 2.24) is 0 Å². The molecule has 4 aromatic carbocycles. The van der Waals surface area contributed by atoms with Crippen LogP contribution in [0.3, 0.4) is 0 Å². The van der Waals surface area contributed by atoms with E-state index in [2.05, 4.69) is 0 Å². The van der Waals surface area contributed by atoms with Gasteiger partial charge in [-0.15, -0.1) is 0 Å². The molecule has 3 atom stereocenters. The van der Waals surface area contributed by atoms with E-state index >= 15 is 0 Å². The number of benzene rings is 4. The fraction of sp³-hybridized carbons (Fsp3) is 0.139. The summed E-state index contributed by atoms with van der Waals surface area (Å²) in [7, 11) is 1.08. The van der Waals surface area contributed by atoms with E-state index in [-0.39, 0.29) is 46.1 Å². The molecule has 0 aromatic heterocycles. The largest absolute Gasteiger partial charge is 0.504 e. The van der Waals surface area contributed by atoms with Crippen LogP contribution in [0.15, 0.2) is 79.1 Å². The Balaban J connectivity index is 1.47. The lowest BCUT2D eigenvalue weighted by Crippen LogP contribution is -2.33. The zero-order chi connectivity index (χ0) is 36.1. The first-order chi connectivity index (χ1) is 23.9. The molecule has 0 saturated carbocycles. The third kappa shape index (κ3) is 7.49. The number of fused-ring (bicyclic) bond motifs is 1. The molecule has 0 radical (unpaired) electrons. The van der Waals surface area contributed by atoms with E-state index in [1.807, 2.05) is 0 Å². The van der Waals surface area contributed by atoms with E-state index in [4.69, 9.17) is 18.9 Å². The highest BCUT2D eigenvalue weighted by Crippen LogP contribution is 2.53. The van der Waals surface area contributed by atoms with Crippen LogP contribution in [0.25, 0.3) is 12.2 Å². The highest BCUT2D eigenvalue weighted by atomic mass is 16.6. The second-order valence-electron chi connectivity index (χ2n) is 11.0. The summed E-state index contributed by atoms with van der Waals surface area (Å²) in [4.78, 5) is 39.4. The molecule has 0 aliphatic carbocycles. The van der Waals surface area contributed by atoms with Crippen LogP contribution in [0.1, 0.15) is 39.8 Å². The standard InChI is InChI=1S/C36H30O14/c1-47-35(45)29(16-19-3-8-23(38)27(42)15-19)49-36(46)32-31-20(6-11-30(44)48-13-12-18-2-7-22(37)26(41)14-18)4-10-25(40)34(31)50-33(32)21-5-9-24(39)28(43)17-21/h2-15,17,29,32-33,37-43H,16H2,1H3. The summed E-state index contributed by atoms with van der Waals surface area (Å²) in [5, 5.41) is 69.6. The lowest BCUT2D eigenvalue weighted by atomic mass is 9.87. The Hall–Kier alpha value is -6.83. The van der Waals surface area contributed by atoms with E-state index in [1.54, 1.807) is 0 Å². The van der Waals surface area contributed by atoms with Crippen molar-refractivity contribution in [2.75, 3.05) is 7.11 Å². The number of ether oxygens (including phenoxy) is 4. The molecular weight excluding hydrogens is 656 g/mol. The molecule has 0 spiro atoms. The molecule has 0 fully saturated rings. The van der Waals surface area contributed by atoms with Gasteiger partial charge in [0.25, 0.3) is 0 Å². The smallest absolute Gasteiger partial charge is 0.347 e. The monoisotopic (exact) mass is 686 g/mol. The van der Waals surface area contributed by atoms with E-state index in [0.717, 1.165) is 31.6 Å². The van der Waals surface area contributed by atoms with Gasteiger partial charge in [0.1, 0.15) is 12.0 Å². The predicted octanol–water partition coefficient (Wildman–Crippen LogP) is 4.40. The average Bonchev–Trinajstić information content (AvgIpc) is 3.50. The van der Waals surface area contributed by atoms with Gasteiger partial charge in [-0.3, -0.25) is 4.79 Å². The molecule has 258 valence electrons. The lowest BCUT2D eigenvalue weighted by molar-refractivity contribution is -0.167. The topological polar surface area (TPSA) is 230 Å². The first-order valence-electron chi connectivity index (χ1n) is 14.8. The predicted molar refractivity (Wildman–Crippen MR) is 173 cm³/mol. The summed E-state index contributed by atoms with van der Waals surface area (Å²) >= 11 is 0. The molecule has 5 rings (SSSR count). The molecule has 1 aliphatic heterocycles. The maximum atomic E-state index is 14.1. The summed E-state index contributed by atoms with van der Waals surface area (Å²) in [6.07, 6.45) is 1.63. The van der Waals surface area contributed by atoms with Gasteiger partial charge in [0, 0.05) is 18.1 Å². The quantitative estimate of drug-likeness (QED) is 0.0403. The van der Waals surface area contributed by atoms with Gasteiger partial charge in [0.05, 0.1) is 13.4 Å². The van der Waals surface area contributed by atoms with Crippen LogP contribution < -0.4 is 4.74 Å². The second-order valence-corrected chi connectivity index (χ2v) is 11.0. The van der Waals surface area contributed by atoms with Crippen LogP contribution in [-0.2, 0) is 35.0 Å². The van der Waals surface area contributed by atoms with Gasteiger partial charge in [-0.1, -0.05) is 24.3 Å². The summed E-state index contributed by atoms with van der Waals surface area (Å²) < 4.78 is 21.6. The van der Waals surface area contributed by atoms with Crippen molar-refractivity contribution in [2.24, 2.45) is 0 Å². The molecule has 0 bridgehead atoms. The third-order valence-electron chi connectivity index (χ3n) is 7.68. The van der Waals surface area contributed by atoms with Gasteiger partial charge >= 0.3 is 17.9 Å². The molecule has 50 heavy (non-hydrogen) atoms. The minimum absolute atomic E-state index is 0.0534. The normalized spacial score (nSPS) is 15.7. The van der Waals surface area contributed by atoms with Gasteiger partial charge in [-0.2, -0.15) is 0 Å². The maximum absolute atomic E-state index is 14.1. The van der Waals surface area contributed by atoms with Crippen molar-refractivity contribution in [3.05, 3.63) is 107 Å². The Morgan fingerprint density at radius 2 is 1.40 bits per heavy atom. The van der Waals surface area contributed by atoms with Crippen molar-refractivity contribution < 1.29 is 69.1 Å². The number of phenolic OH excluding ortho intramolecular Hbond substituents is 7. The molecule has 1 aliphatic rings. The van der Waals surface area contributed by atoms with E-state index in [0.29, 0.717) is 11.1 Å². The van der Waals surface area contributed by atoms with Gasteiger partial charge < -0.3 is 54.7 Å². The fourth-order valence-electron chi connectivity index (χ4n) is 5.21. The zero-order valence-corrected chi connectivity index (χ0v) is 26.1. The molecule has 14 nitrogen and oxygen atoms in total. The summed E-state index contributed by atoms with van der Waals surface area (Å²) in [6.45, 7) is 0. The fourth-order valence-corrected chi connectivity index (χ4v) is 5.21.